The van der Waals surface area contributed by atoms with Crippen molar-refractivity contribution in [3.8, 4) is 0 Å². The number of hydrogen-bond acceptors (Lipinski definition) is 8. The summed E-state index contributed by atoms with van der Waals surface area (Å²) in [7, 11) is 0. The number of carbonyl (C=O) groups is 1. The molecular weight excluding hydrogens is 356 g/mol. The van der Waals surface area contributed by atoms with E-state index in [0.29, 0.717) is 6.42 Å². The second-order valence-corrected chi connectivity index (χ2v) is 8.43. The molecule has 1 aliphatic carbocycles. The summed E-state index contributed by atoms with van der Waals surface area (Å²) in [6, 6.07) is 0. The number of carbonyl (C=O) groups excluding carboxylic acids is 1. The summed E-state index contributed by atoms with van der Waals surface area (Å²) in [6.45, 7) is 6.65. The zero-order valence-electron chi connectivity index (χ0n) is 16.3. The van der Waals surface area contributed by atoms with E-state index in [2.05, 4.69) is 0 Å². The predicted molar refractivity (Wildman–Crippen MR) is 95.6 cm³/mol. The summed E-state index contributed by atoms with van der Waals surface area (Å²) in [6.07, 6.45) is -3.51. The van der Waals surface area contributed by atoms with Crippen molar-refractivity contribution in [3.63, 3.8) is 0 Å². The van der Waals surface area contributed by atoms with Crippen LogP contribution in [-0.2, 0) is 14.3 Å². The summed E-state index contributed by atoms with van der Waals surface area (Å²) >= 11 is 0. The quantitative estimate of drug-likeness (QED) is 0.398. The first-order valence-electron chi connectivity index (χ1n) is 9.32. The highest BCUT2D eigenvalue weighted by molar-refractivity contribution is 5.81. The van der Waals surface area contributed by atoms with Gasteiger partial charge in [0, 0.05) is 18.3 Å². The number of rotatable bonds is 5. The summed E-state index contributed by atoms with van der Waals surface area (Å²) in [4.78, 5) is 11.9. The number of hydrogen-bond donors (Lipinski definition) is 5. The highest BCUT2D eigenvalue weighted by atomic mass is 16.7. The molecule has 2 aliphatic rings. The second-order valence-electron chi connectivity index (χ2n) is 8.43. The smallest absolute Gasteiger partial charge is 0.187 e. The Morgan fingerprint density at radius 2 is 1.89 bits per heavy atom. The van der Waals surface area contributed by atoms with Gasteiger partial charge in [-0.3, -0.25) is 4.79 Å². The first-order chi connectivity index (χ1) is 12.4. The van der Waals surface area contributed by atoms with Crippen molar-refractivity contribution >= 4 is 5.78 Å². The van der Waals surface area contributed by atoms with Crippen LogP contribution in [0.5, 0.6) is 0 Å². The molecule has 1 saturated heterocycles. The van der Waals surface area contributed by atoms with Gasteiger partial charge >= 0.3 is 0 Å². The molecule has 0 aromatic heterocycles. The number of aliphatic hydroxyl groups excluding tert-OH is 4. The number of ketones is 1. The molecule has 0 unspecified atom stereocenters. The first kappa shape index (κ1) is 22.4. The molecule has 0 radical (unpaired) electrons. The van der Waals surface area contributed by atoms with Crippen LogP contribution in [0.4, 0.5) is 0 Å². The maximum atomic E-state index is 11.9. The molecule has 1 aliphatic heterocycles. The molecule has 8 heteroatoms. The van der Waals surface area contributed by atoms with E-state index in [1.54, 1.807) is 19.1 Å². The SMILES string of the molecule is C[C@H](/C=C/[C@@]1(O)[C@@H](C)CC(=O)CC1(C)C)O[C@H]1O[C@@H](CO)[C@@H](O)[C@@H](O)[C@H]1O. The van der Waals surface area contributed by atoms with Crippen LogP contribution < -0.4 is 0 Å². The first-order valence-corrected chi connectivity index (χ1v) is 9.32. The van der Waals surface area contributed by atoms with E-state index in [-0.39, 0.29) is 18.1 Å². The van der Waals surface area contributed by atoms with Gasteiger partial charge in [-0.25, -0.2) is 0 Å². The van der Waals surface area contributed by atoms with Crippen molar-refractivity contribution < 1.29 is 39.8 Å². The lowest BCUT2D eigenvalue weighted by atomic mass is 9.60. The van der Waals surface area contributed by atoms with Gasteiger partial charge in [0.15, 0.2) is 6.29 Å². The van der Waals surface area contributed by atoms with Gasteiger partial charge in [-0.1, -0.05) is 32.9 Å². The molecule has 8 nitrogen and oxygen atoms in total. The Morgan fingerprint density at radius 1 is 1.26 bits per heavy atom. The Morgan fingerprint density at radius 3 is 2.44 bits per heavy atom. The molecule has 2 rings (SSSR count). The van der Waals surface area contributed by atoms with Crippen LogP contribution in [0.1, 0.15) is 40.5 Å². The number of aliphatic hydroxyl groups is 5. The van der Waals surface area contributed by atoms with Crippen LogP contribution in [0.2, 0.25) is 0 Å². The second kappa shape index (κ2) is 8.24. The van der Waals surface area contributed by atoms with Crippen LogP contribution in [0.3, 0.4) is 0 Å². The van der Waals surface area contributed by atoms with E-state index >= 15 is 0 Å². The lowest BCUT2D eigenvalue weighted by molar-refractivity contribution is -0.306. The molecule has 0 bridgehead atoms. The van der Waals surface area contributed by atoms with Crippen molar-refractivity contribution in [2.45, 2.75) is 82.9 Å². The Balaban J connectivity index is 2.08. The van der Waals surface area contributed by atoms with Crippen molar-refractivity contribution in [1.82, 2.24) is 0 Å². The van der Waals surface area contributed by atoms with E-state index in [0.717, 1.165) is 0 Å². The lowest BCUT2D eigenvalue weighted by Crippen LogP contribution is -2.59. The minimum absolute atomic E-state index is 0.121. The van der Waals surface area contributed by atoms with Crippen molar-refractivity contribution in [3.05, 3.63) is 12.2 Å². The molecule has 156 valence electrons. The van der Waals surface area contributed by atoms with Crippen molar-refractivity contribution in [2.75, 3.05) is 6.61 Å². The maximum Gasteiger partial charge on any atom is 0.187 e. The molecule has 1 saturated carbocycles. The van der Waals surface area contributed by atoms with Gasteiger partial charge in [-0.15, -0.1) is 0 Å². The molecule has 5 N–H and O–H groups in total. The highest BCUT2D eigenvalue weighted by Gasteiger charge is 2.50. The average molecular weight is 388 g/mol. The van der Waals surface area contributed by atoms with Crippen LogP contribution in [0.15, 0.2) is 12.2 Å². The van der Waals surface area contributed by atoms with E-state index < -0.39 is 54.4 Å². The van der Waals surface area contributed by atoms with Gasteiger partial charge < -0.3 is 35.0 Å². The largest absolute Gasteiger partial charge is 0.394 e. The molecule has 0 spiro atoms. The van der Waals surface area contributed by atoms with Gasteiger partial charge in [-0.2, -0.15) is 0 Å². The van der Waals surface area contributed by atoms with Crippen LogP contribution in [0.25, 0.3) is 0 Å². The topological polar surface area (TPSA) is 137 Å². The van der Waals surface area contributed by atoms with E-state index in [1.807, 2.05) is 20.8 Å². The third kappa shape index (κ3) is 4.42. The molecule has 0 amide bonds. The van der Waals surface area contributed by atoms with E-state index in [4.69, 9.17) is 9.47 Å². The molecule has 1 heterocycles. The minimum Gasteiger partial charge on any atom is -0.394 e. The normalized spacial score (nSPS) is 43.8. The number of ether oxygens (including phenoxy) is 2. The fraction of sp³-hybridized carbons (Fsp3) is 0.842. The molecule has 27 heavy (non-hydrogen) atoms. The van der Waals surface area contributed by atoms with Crippen molar-refractivity contribution in [2.24, 2.45) is 11.3 Å². The Labute approximate surface area is 159 Å². The van der Waals surface area contributed by atoms with Gasteiger partial charge in [0.05, 0.1) is 18.3 Å². The standard InChI is InChI=1S/C19H32O8/c1-10-7-12(21)8-18(3,4)19(10,25)6-5-11(2)26-17-16(24)15(23)14(22)13(9-20)27-17/h5-6,10-11,13-17,20,22-25H,7-9H2,1-4H3/b6-5+/t10-,11+,13-,14+,15+,16+,17-,19+/m0/s1. The minimum atomic E-state index is -1.51. The average Bonchev–Trinajstić information content (AvgIpc) is 2.58. The summed E-state index contributed by atoms with van der Waals surface area (Å²) in [5.74, 6) is -0.138. The lowest BCUT2D eigenvalue weighted by Gasteiger charge is -2.48. The van der Waals surface area contributed by atoms with Crippen LogP contribution in [0, 0.1) is 11.3 Å². The maximum absolute atomic E-state index is 11.9. The van der Waals surface area contributed by atoms with Crippen LogP contribution in [-0.4, -0.2) is 80.3 Å². The molecule has 0 aromatic rings. The highest BCUT2D eigenvalue weighted by Crippen LogP contribution is 2.46. The molecule has 2 fully saturated rings. The summed E-state index contributed by atoms with van der Waals surface area (Å²) in [5, 5.41) is 50.1. The zero-order chi connectivity index (χ0) is 20.6. The molecule has 0 aromatic carbocycles. The zero-order valence-corrected chi connectivity index (χ0v) is 16.3. The Kier molecular flexibility index (Phi) is 6.85. The molecule has 8 atom stereocenters. The fourth-order valence-electron chi connectivity index (χ4n) is 3.98. The Hall–Kier alpha value is -0.870. The van der Waals surface area contributed by atoms with Crippen LogP contribution >= 0.6 is 0 Å². The third-order valence-electron chi connectivity index (χ3n) is 5.83. The van der Waals surface area contributed by atoms with Gasteiger partial charge in [0.25, 0.3) is 0 Å². The van der Waals surface area contributed by atoms with Gasteiger partial charge in [0.2, 0.25) is 0 Å². The monoisotopic (exact) mass is 388 g/mol. The predicted octanol–water partition coefficient (Wildman–Crippen LogP) is -0.496. The van der Waals surface area contributed by atoms with Gasteiger partial charge in [-0.05, 0) is 12.8 Å². The number of Topliss-reactive ketones (excluding diaryl/α,β-unsaturated/α-hetero) is 1. The van der Waals surface area contributed by atoms with Gasteiger partial charge in [0.1, 0.15) is 30.2 Å². The molecular formula is C19H32O8. The third-order valence-corrected chi connectivity index (χ3v) is 5.83. The summed E-state index contributed by atoms with van der Waals surface area (Å²) < 4.78 is 10.9. The van der Waals surface area contributed by atoms with Crippen molar-refractivity contribution in [1.29, 1.82) is 0 Å². The summed E-state index contributed by atoms with van der Waals surface area (Å²) in [5.41, 5.74) is -1.84. The van der Waals surface area contributed by atoms with E-state index in [1.165, 1.54) is 0 Å². The van der Waals surface area contributed by atoms with E-state index in [9.17, 15) is 30.3 Å². The fourth-order valence-corrected chi connectivity index (χ4v) is 3.98. The Bertz CT molecular complexity index is 560.